The van der Waals surface area contributed by atoms with Crippen LogP contribution in [0, 0.1) is 0 Å². The van der Waals surface area contributed by atoms with Gasteiger partial charge in [-0.2, -0.15) is 0 Å². The highest BCUT2D eigenvalue weighted by Crippen LogP contribution is 2.29. The molecular weight excluding hydrogens is 260 g/mol. The molecule has 1 aromatic heterocycles. The van der Waals surface area contributed by atoms with Crippen LogP contribution in [0.1, 0.15) is 13.3 Å². The summed E-state index contributed by atoms with van der Waals surface area (Å²) >= 11 is 1.60. The second kappa shape index (κ2) is 5.86. The zero-order valence-electron chi connectivity index (χ0n) is 11.0. The molecule has 1 aromatic carbocycles. The SMILES string of the molecule is CCOC1CNCCC1Oc1nc2ccccc2s1. The molecule has 1 fully saturated rings. The standard InChI is InChI=1S/C14H18N2O2S/c1-2-17-12-9-15-8-7-11(12)18-14-16-10-5-3-4-6-13(10)19-14/h3-6,11-12,15H,2,7-9H2,1H3. The third kappa shape index (κ3) is 2.88. The quantitative estimate of drug-likeness (QED) is 0.933. The number of fused-ring (bicyclic) bond motifs is 1. The van der Waals surface area contributed by atoms with E-state index in [4.69, 9.17) is 9.47 Å². The van der Waals surface area contributed by atoms with Crippen molar-refractivity contribution in [2.45, 2.75) is 25.6 Å². The Morgan fingerprint density at radius 1 is 1.37 bits per heavy atom. The number of aromatic nitrogens is 1. The van der Waals surface area contributed by atoms with Gasteiger partial charge in [-0.05, 0) is 32.0 Å². The van der Waals surface area contributed by atoms with E-state index < -0.39 is 0 Å². The molecule has 2 heterocycles. The van der Waals surface area contributed by atoms with Gasteiger partial charge in [0.15, 0.2) is 0 Å². The first-order valence-corrected chi connectivity index (χ1v) is 7.53. The van der Waals surface area contributed by atoms with Gasteiger partial charge in [0, 0.05) is 13.2 Å². The maximum Gasteiger partial charge on any atom is 0.274 e. The molecule has 0 spiro atoms. The monoisotopic (exact) mass is 278 g/mol. The second-order valence-electron chi connectivity index (χ2n) is 4.59. The Bertz CT molecular complexity index is 508. The maximum atomic E-state index is 6.05. The van der Waals surface area contributed by atoms with Crippen LogP contribution in [-0.4, -0.2) is 36.9 Å². The lowest BCUT2D eigenvalue weighted by Gasteiger charge is -2.31. The Morgan fingerprint density at radius 2 is 2.26 bits per heavy atom. The van der Waals surface area contributed by atoms with Gasteiger partial charge in [-0.25, -0.2) is 4.98 Å². The highest BCUT2D eigenvalue weighted by molar-refractivity contribution is 7.20. The average Bonchev–Trinajstić information content (AvgIpc) is 2.83. The Labute approximate surface area is 116 Å². The second-order valence-corrected chi connectivity index (χ2v) is 5.58. The molecular formula is C14H18N2O2S. The largest absolute Gasteiger partial charge is 0.464 e. The van der Waals surface area contributed by atoms with Crippen LogP contribution in [0.25, 0.3) is 10.2 Å². The van der Waals surface area contributed by atoms with Gasteiger partial charge in [-0.1, -0.05) is 23.5 Å². The summed E-state index contributed by atoms with van der Waals surface area (Å²) in [5.41, 5.74) is 1.00. The lowest BCUT2D eigenvalue weighted by molar-refractivity contribution is -0.0343. The summed E-state index contributed by atoms with van der Waals surface area (Å²) in [7, 11) is 0. The number of para-hydroxylation sites is 1. The molecule has 102 valence electrons. The van der Waals surface area contributed by atoms with E-state index in [1.807, 2.05) is 25.1 Å². The van der Waals surface area contributed by atoms with Crippen molar-refractivity contribution >= 4 is 21.6 Å². The van der Waals surface area contributed by atoms with Gasteiger partial charge in [0.05, 0.1) is 10.2 Å². The average molecular weight is 278 g/mol. The molecule has 0 amide bonds. The third-order valence-electron chi connectivity index (χ3n) is 3.27. The van der Waals surface area contributed by atoms with Crippen molar-refractivity contribution < 1.29 is 9.47 Å². The van der Waals surface area contributed by atoms with Crippen molar-refractivity contribution in [1.82, 2.24) is 10.3 Å². The van der Waals surface area contributed by atoms with Crippen molar-refractivity contribution in [3.8, 4) is 5.19 Å². The van der Waals surface area contributed by atoms with E-state index in [1.54, 1.807) is 11.3 Å². The van der Waals surface area contributed by atoms with Crippen LogP contribution < -0.4 is 10.1 Å². The fourth-order valence-corrected chi connectivity index (χ4v) is 3.22. The lowest BCUT2D eigenvalue weighted by Crippen LogP contribution is -2.48. The molecule has 0 bridgehead atoms. The van der Waals surface area contributed by atoms with Crippen LogP contribution >= 0.6 is 11.3 Å². The Balaban J connectivity index is 1.75. The van der Waals surface area contributed by atoms with Gasteiger partial charge in [0.25, 0.3) is 5.19 Å². The van der Waals surface area contributed by atoms with Crippen molar-refractivity contribution in [1.29, 1.82) is 0 Å². The minimum Gasteiger partial charge on any atom is -0.464 e. The first-order valence-electron chi connectivity index (χ1n) is 6.71. The van der Waals surface area contributed by atoms with Crippen LogP contribution in [0.2, 0.25) is 0 Å². The van der Waals surface area contributed by atoms with E-state index in [1.165, 1.54) is 4.70 Å². The number of nitrogens with one attached hydrogen (secondary N) is 1. The predicted molar refractivity (Wildman–Crippen MR) is 76.9 cm³/mol. The smallest absolute Gasteiger partial charge is 0.274 e. The predicted octanol–water partition coefficient (Wildman–Crippen LogP) is 2.44. The van der Waals surface area contributed by atoms with E-state index in [9.17, 15) is 0 Å². The van der Waals surface area contributed by atoms with Gasteiger partial charge in [0.2, 0.25) is 0 Å². The Morgan fingerprint density at radius 3 is 3.11 bits per heavy atom. The van der Waals surface area contributed by atoms with E-state index >= 15 is 0 Å². The number of benzene rings is 1. The zero-order chi connectivity index (χ0) is 13.1. The van der Waals surface area contributed by atoms with Gasteiger partial charge in [-0.15, -0.1) is 0 Å². The minimum atomic E-state index is 0.0989. The lowest BCUT2D eigenvalue weighted by atomic mass is 10.1. The summed E-state index contributed by atoms with van der Waals surface area (Å²) < 4.78 is 12.9. The van der Waals surface area contributed by atoms with Crippen molar-refractivity contribution in [2.24, 2.45) is 0 Å². The maximum absolute atomic E-state index is 6.05. The van der Waals surface area contributed by atoms with Crippen molar-refractivity contribution in [3.63, 3.8) is 0 Å². The summed E-state index contributed by atoms with van der Waals surface area (Å²) in [4.78, 5) is 4.52. The summed E-state index contributed by atoms with van der Waals surface area (Å²) in [6, 6.07) is 8.11. The summed E-state index contributed by atoms with van der Waals surface area (Å²) in [6.45, 7) is 4.55. The normalized spacial score (nSPS) is 23.6. The third-order valence-corrected chi connectivity index (χ3v) is 4.20. The van der Waals surface area contributed by atoms with Crippen LogP contribution in [0.3, 0.4) is 0 Å². The van der Waals surface area contributed by atoms with E-state index in [-0.39, 0.29) is 12.2 Å². The Kier molecular flexibility index (Phi) is 3.96. The summed E-state index contributed by atoms with van der Waals surface area (Å²) in [5.74, 6) is 0. The number of nitrogens with zero attached hydrogens (tertiary/aromatic N) is 1. The highest BCUT2D eigenvalue weighted by atomic mass is 32.1. The number of thiazole rings is 1. The molecule has 0 aliphatic carbocycles. The Hall–Kier alpha value is -1.17. The molecule has 1 aliphatic heterocycles. The summed E-state index contributed by atoms with van der Waals surface area (Å²) in [6.07, 6.45) is 1.17. The first-order chi connectivity index (χ1) is 9.36. The molecule has 4 nitrogen and oxygen atoms in total. The first kappa shape index (κ1) is 12.8. The van der Waals surface area contributed by atoms with Gasteiger partial charge < -0.3 is 14.8 Å². The number of hydrogen-bond acceptors (Lipinski definition) is 5. The number of piperidine rings is 1. The number of hydrogen-bond donors (Lipinski definition) is 1. The fourth-order valence-electron chi connectivity index (χ4n) is 2.35. The molecule has 2 atom stereocenters. The van der Waals surface area contributed by atoms with Crippen LogP contribution in [0.15, 0.2) is 24.3 Å². The van der Waals surface area contributed by atoms with Gasteiger partial charge in [0.1, 0.15) is 12.2 Å². The molecule has 0 saturated carbocycles. The van der Waals surface area contributed by atoms with E-state index in [0.29, 0.717) is 6.61 Å². The number of ether oxygens (including phenoxy) is 2. The molecule has 2 unspecified atom stereocenters. The molecule has 3 rings (SSSR count). The molecule has 2 aromatic rings. The number of rotatable bonds is 4. The highest BCUT2D eigenvalue weighted by Gasteiger charge is 2.27. The zero-order valence-corrected chi connectivity index (χ0v) is 11.8. The minimum absolute atomic E-state index is 0.0989. The van der Waals surface area contributed by atoms with Crippen molar-refractivity contribution in [3.05, 3.63) is 24.3 Å². The molecule has 1 aliphatic rings. The molecule has 1 N–H and O–H groups in total. The van der Waals surface area contributed by atoms with Crippen molar-refractivity contribution in [2.75, 3.05) is 19.7 Å². The molecule has 5 heteroatoms. The molecule has 1 saturated heterocycles. The van der Waals surface area contributed by atoms with Gasteiger partial charge in [-0.3, -0.25) is 0 Å². The van der Waals surface area contributed by atoms with Crippen LogP contribution in [-0.2, 0) is 4.74 Å². The molecule has 19 heavy (non-hydrogen) atoms. The van der Waals surface area contributed by atoms with Crippen LogP contribution in [0.4, 0.5) is 0 Å². The van der Waals surface area contributed by atoms with Gasteiger partial charge >= 0.3 is 0 Å². The molecule has 0 radical (unpaired) electrons. The van der Waals surface area contributed by atoms with Crippen LogP contribution in [0.5, 0.6) is 5.19 Å². The van der Waals surface area contributed by atoms with E-state index in [0.717, 1.165) is 30.2 Å². The topological polar surface area (TPSA) is 43.4 Å². The van der Waals surface area contributed by atoms with E-state index in [2.05, 4.69) is 16.4 Å². The fraction of sp³-hybridized carbons (Fsp3) is 0.500. The summed E-state index contributed by atoms with van der Waals surface area (Å²) in [5, 5.41) is 4.09.